The predicted octanol–water partition coefficient (Wildman–Crippen LogP) is 1.70. The first kappa shape index (κ1) is 17.4. The van der Waals surface area contributed by atoms with Crippen LogP contribution in [-0.2, 0) is 4.79 Å². The lowest BCUT2D eigenvalue weighted by Gasteiger charge is -2.24. The maximum atomic E-state index is 12.2. The van der Waals surface area contributed by atoms with Crippen molar-refractivity contribution in [2.24, 2.45) is 5.10 Å². The van der Waals surface area contributed by atoms with Crippen LogP contribution < -0.4 is 24.4 Å². The first-order valence-electron chi connectivity index (χ1n) is 7.78. The predicted molar refractivity (Wildman–Crippen MR) is 93.3 cm³/mol. The summed E-state index contributed by atoms with van der Waals surface area (Å²) in [7, 11) is 2.85. The number of ether oxygens (including phenoxy) is 4. The molecule has 26 heavy (non-hydrogen) atoms. The number of aromatic hydroxyl groups is 1. The molecule has 2 N–H and O–H groups in total. The third-order valence-electron chi connectivity index (χ3n) is 3.69. The van der Waals surface area contributed by atoms with E-state index in [2.05, 4.69) is 10.5 Å². The highest BCUT2D eigenvalue weighted by Crippen LogP contribution is 2.36. The van der Waals surface area contributed by atoms with Crippen molar-refractivity contribution < 1.29 is 28.8 Å². The van der Waals surface area contributed by atoms with Crippen LogP contribution in [0.2, 0.25) is 0 Å². The van der Waals surface area contributed by atoms with Gasteiger partial charge in [0, 0.05) is 5.56 Å². The minimum atomic E-state index is -0.800. The van der Waals surface area contributed by atoms with Crippen molar-refractivity contribution in [1.82, 2.24) is 5.43 Å². The largest absolute Gasteiger partial charge is 0.502 e. The average Bonchev–Trinajstić information content (AvgIpc) is 2.68. The van der Waals surface area contributed by atoms with E-state index in [1.165, 1.54) is 20.4 Å². The summed E-state index contributed by atoms with van der Waals surface area (Å²) in [6, 6.07) is 10.2. The summed E-state index contributed by atoms with van der Waals surface area (Å²) in [6.07, 6.45) is 0.603. The number of hydrogen-bond acceptors (Lipinski definition) is 7. The molecule has 0 radical (unpaired) electrons. The Hall–Kier alpha value is -3.42. The SMILES string of the molecule is COc1cc(/C=N/NC(=O)[C@H]2COc3ccccc3O2)cc(OC)c1O. The molecule has 0 aliphatic carbocycles. The number of rotatable bonds is 5. The zero-order valence-corrected chi connectivity index (χ0v) is 14.3. The minimum absolute atomic E-state index is 0.0965. The number of fused-ring (bicyclic) bond motifs is 1. The van der Waals surface area contributed by atoms with Gasteiger partial charge in [0.1, 0.15) is 6.61 Å². The van der Waals surface area contributed by atoms with Crippen LogP contribution in [0, 0.1) is 0 Å². The second-order valence-corrected chi connectivity index (χ2v) is 5.37. The number of benzene rings is 2. The normalized spacial score (nSPS) is 15.5. The lowest BCUT2D eigenvalue weighted by molar-refractivity contribution is -0.130. The van der Waals surface area contributed by atoms with Crippen molar-refractivity contribution >= 4 is 12.1 Å². The summed E-state index contributed by atoms with van der Waals surface area (Å²) >= 11 is 0. The smallest absolute Gasteiger partial charge is 0.284 e. The fourth-order valence-corrected chi connectivity index (χ4v) is 2.38. The fourth-order valence-electron chi connectivity index (χ4n) is 2.38. The van der Waals surface area contributed by atoms with Crippen molar-refractivity contribution in [3.8, 4) is 28.7 Å². The van der Waals surface area contributed by atoms with Crippen LogP contribution in [0.4, 0.5) is 0 Å². The van der Waals surface area contributed by atoms with Crippen LogP contribution in [0.1, 0.15) is 5.56 Å². The van der Waals surface area contributed by atoms with E-state index in [1.807, 2.05) is 6.07 Å². The van der Waals surface area contributed by atoms with E-state index in [1.54, 1.807) is 30.3 Å². The monoisotopic (exact) mass is 358 g/mol. The van der Waals surface area contributed by atoms with Gasteiger partial charge in [-0.1, -0.05) is 12.1 Å². The van der Waals surface area contributed by atoms with Crippen LogP contribution in [0.15, 0.2) is 41.5 Å². The van der Waals surface area contributed by atoms with Crippen molar-refractivity contribution in [3.05, 3.63) is 42.0 Å². The highest BCUT2D eigenvalue weighted by molar-refractivity contribution is 5.86. The molecule has 2 aromatic carbocycles. The number of para-hydroxylation sites is 2. The maximum Gasteiger partial charge on any atom is 0.284 e. The lowest BCUT2D eigenvalue weighted by Crippen LogP contribution is -2.42. The Balaban J connectivity index is 1.65. The standard InChI is InChI=1S/C18H18N2O6/c1-23-14-7-11(8-15(24-2)17(14)21)9-19-20-18(22)16-10-25-12-5-3-4-6-13(12)26-16/h3-9,16,21H,10H2,1-2H3,(H,20,22)/b19-9+/t16-/m1/s1. The Morgan fingerprint density at radius 3 is 2.54 bits per heavy atom. The van der Waals surface area contributed by atoms with E-state index < -0.39 is 12.0 Å². The van der Waals surface area contributed by atoms with E-state index in [-0.39, 0.29) is 23.9 Å². The molecule has 1 atom stereocenters. The van der Waals surface area contributed by atoms with Crippen LogP contribution in [0.3, 0.4) is 0 Å². The van der Waals surface area contributed by atoms with Gasteiger partial charge in [-0.15, -0.1) is 0 Å². The van der Waals surface area contributed by atoms with Crippen molar-refractivity contribution in [3.63, 3.8) is 0 Å². The van der Waals surface area contributed by atoms with Crippen molar-refractivity contribution in [2.45, 2.75) is 6.10 Å². The summed E-state index contributed by atoms with van der Waals surface area (Å²) in [5, 5.41) is 13.8. The molecule has 3 rings (SSSR count). The molecule has 0 saturated carbocycles. The number of hydrazone groups is 1. The number of nitrogens with one attached hydrogen (secondary N) is 1. The van der Waals surface area contributed by atoms with Gasteiger partial charge in [-0.05, 0) is 24.3 Å². The second-order valence-electron chi connectivity index (χ2n) is 5.37. The van der Waals surface area contributed by atoms with Gasteiger partial charge in [-0.3, -0.25) is 4.79 Å². The Morgan fingerprint density at radius 2 is 1.88 bits per heavy atom. The van der Waals surface area contributed by atoms with E-state index in [0.717, 1.165) is 0 Å². The van der Waals surface area contributed by atoms with Gasteiger partial charge in [0.25, 0.3) is 5.91 Å². The summed E-state index contributed by atoms with van der Waals surface area (Å²) in [6.45, 7) is 0.0965. The van der Waals surface area contributed by atoms with E-state index in [0.29, 0.717) is 17.1 Å². The molecule has 1 aliphatic heterocycles. The summed E-state index contributed by atoms with van der Waals surface area (Å²) in [4.78, 5) is 12.2. The molecule has 2 aromatic rings. The molecule has 0 aromatic heterocycles. The number of nitrogens with zero attached hydrogens (tertiary/aromatic N) is 1. The molecule has 0 bridgehead atoms. The Kier molecular flexibility index (Phi) is 5.12. The Labute approximate surface area is 149 Å². The Bertz CT molecular complexity index is 811. The molecule has 136 valence electrons. The number of hydrogen-bond donors (Lipinski definition) is 2. The number of amides is 1. The van der Waals surface area contributed by atoms with Crippen LogP contribution in [0.5, 0.6) is 28.7 Å². The topological polar surface area (TPSA) is 98.6 Å². The number of carbonyl (C=O) groups excluding carboxylic acids is 1. The maximum absolute atomic E-state index is 12.2. The lowest BCUT2D eigenvalue weighted by atomic mass is 10.2. The summed E-state index contributed by atoms with van der Waals surface area (Å²) in [5.41, 5.74) is 2.97. The van der Waals surface area contributed by atoms with Crippen LogP contribution in [-0.4, -0.2) is 44.2 Å². The molecular formula is C18H18N2O6. The van der Waals surface area contributed by atoms with Gasteiger partial charge in [0.05, 0.1) is 20.4 Å². The zero-order chi connectivity index (χ0) is 18.5. The molecule has 0 fully saturated rings. The van der Waals surface area contributed by atoms with Crippen LogP contribution >= 0.6 is 0 Å². The minimum Gasteiger partial charge on any atom is -0.502 e. The van der Waals surface area contributed by atoms with Gasteiger partial charge < -0.3 is 24.1 Å². The second kappa shape index (κ2) is 7.64. The van der Waals surface area contributed by atoms with Gasteiger partial charge >= 0.3 is 0 Å². The molecule has 0 unspecified atom stereocenters. The molecule has 0 spiro atoms. The van der Waals surface area contributed by atoms with Gasteiger partial charge in [0.15, 0.2) is 23.0 Å². The van der Waals surface area contributed by atoms with Crippen LogP contribution in [0.25, 0.3) is 0 Å². The molecular weight excluding hydrogens is 340 g/mol. The van der Waals surface area contributed by atoms with Gasteiger partial charge in [-0.2, -0.15) is 5.10 Å². The third kappa shape index (κ3) is 3.64. The van der Waals surface area contributed by atoms with Gasteiger partial charge in [-0.25, -0.2) is 5.43 Å². The molecule has 8 nitrogen and oxygen atoms in total. The first-order chi connectivity index (χ1) is 12.6. The number of methoxy groups -OCH3 is 2. The Morgan fingerprint density at radius 1 is 1.23 bits per heavy atom. The molecule has 8 heteroatoms. The average molecular weight is 358 g/mol. The summed E-state index contributed by atoms with van der Waals surface area (Å²) < 4.78 is 21.2. The molecule has 0 saturated heterocycles. The molecule has 1 amide bonds. The first-order valence-corrected chi connectivity index (χ1v) is 7.78. The van der Waals surface area contributed by atoms with E-state index in [9.17, 15) is 9.90 Å². The van der Waals surface area contributed by atoms with E-state index in [4.69, 9.17) is 18.9 Å². The fraction of sp³-hybridized carbons (Fsp3) is 0.222. The molecule has 1 heterocycles. The summed E-state index contributed by atoms with van der Waals surface area (Å²) in [5.74, 6) is 1.03. The van der Waals surface area contributed by atoms with Gasteiger partial charge in [0.2, 0.25) is 11.9 Å². The highest BCUT2D eigenvalue weighted by atomic mass is 16.6. The third-order valence-corrected chi connectivity index (χ3v) is 3.69. The highest BCUT2D eigenvalue weighted by Gasteiger charge is 2.27. The quantitative estimate of drug-likeness (QED) is 0.624. The zero-order valence-electron chi connectivity index (χ0n) is 14.3. The van der Waals surface area contributed by atoms with Crippen molar-refractivity contribution in [2.75, 3.05) is 20.8 Å². The number of phenols is 1. The number of carbonyl (C=O) groups is 1. The number of phenolic OH excluding ortho intramolecular Hbond substituents is 1. The van der Waals surface area contributed by atoms with Crippen molar-refractivity contribution in [1.29, 1.82) is 0 Å². The van der Waals surface area contributed by atoms with E-state index >= 15 is 0 Å². The molecule has 1 aliphatic rings.